The molecule has 0 radical (unpaired) electrons. The lowest BCUT2D eigenvalue weighted by Crippen LogP contribution is -2.55. The number of hydrogen-bond donors (Lipinski definition) is 1. The lowest BCUT2D eigenvalue weighted by molar-refractivity contribution is -0.151. The maximum Gasteiger partial charge on any atom is 0.326 e. The van der Waals surface area contributed by atoms with Crippen molar-refractivity contribution in [1.29, 1.82) is 0 Å². The van der Waals surface area contributed by atoms with Crippen LogP contribution in [0.25, 0.3) is 0 Å². The molecular formula is C17H32N2O2. The number of hydrogen-bond acceptors (Lipinski definition) is 4. The van der Waals surface area contributed by atoms with Crippen LogP contribution in [0.15, 0.2) is 0 Å². The highest BCUT2D eigenvalue weighted by Crippen LogP contribution is 2.27. The molecule has 0 spiro atoms. The minimum absolute atomic E-state index is 0.0847. The monoisotopic (exact) mass is 296 g/mol. The van der Waals surface area contributed by atoms with Gasteiger partial charge in [-0.1, -0.05) is 12.8 Å². The van der Waals surface area contributed by atoms with Crippen molar-refractivity contribution in [3.05, 3.63) is 0 Å². The normalized spacial score (nSPS) is 24.9. The van der Waals surface area contributed by atoms with E-state index in [1.165, 1.54) is 51.6 Å². The summed E-state index contributed by atoms with van der Waals surface area (Å²) in [5, 5.41) is 3.54. The summed E-state index contributed by atoms with van der Waals surface area (Å²) in [7, 11) is 0. The Morgan fingerprint density at radius 3 is 2.43 bits per heavy atom. The Hall–Kier alpha value is -0.610. The van der Waals surface area contributed by atoms with Crippen molar-refractivity contribution in [2.45, 2.75) is 83.3 Å². The van der Waals surface area contributed by atoms with Crippen LogP contribution < -0.4 is 5.32 Å². The Kier molecular flexibility index (Phi) is 6.06. The molecule has 1 aliphatic carbocycles. The van der Waals surface area contributed by atoms with Gasteiger partial charge in [-0.25, -0.2) is 0 Å². The fourth-order valence-corrected chi connectivity index (χ4v) is 3.43. The van der Waals surface area contributed by atoms with Gasteiger partial charge in [-0.3, -0.25) is 10.1 Å². The van der Waals surface area contributed by atoms with Gasteiger partial charge in [0.2, 0.25) is 0 Å². The van der Waals surface area contributed by atoms with Crippen LogP contribution in [0.4, 0.5) is 0 Å². The fraction of sp³-hybridized carbons (Fsp3) is 0.941. The third kappa shape index (κ3) is 4.96. The summed E-state index contributed by atoms with van der Waals surface area (Å²) in [6, 6.07) is 0.930. The van der Waals surface area contributed by atoms with E-state index >= 15 is 0 Å². The molecule has 2 unspecified atom stereocenters. The van der Waals surface area contributed by atoms with Gasteiger partial charge >= 0.3 is 5.97 Å². The minimum atomic E-state index is -0.539. The van der Waals surface area contributed by atoms with Gasteiger partial charge in [0.15, 0.2) is 0 Å². The Morgan fingerprint density at radius 2 is 1.90 bits per heavy atom. The molecule has 1 heterocycles. The van der Waals surface area contributed by atoms with E-state index in [1.807, 2.05) is 13.8 Å². The molecule has 0 aromatic carbocycles. The summed E-state index contributed by atoms with van der Waals surface area (Å²) in [4.78, 5) is 15.0. The van der Waals surface area contributed by atoms with Crippen LogP contribution in [-0.4, -0.2) is 48.2 Å². The van der Waals surface area contributed by atoms with E-state index in [9.17, 15) is 4.79 Å². The summed E-state index contributed by atoms with van der Waals surface area (Å²) in [5.74, 6) is -0.0847. The summed E-state index contributed by atoms with van der Waals surface area (Å²) < 4.78 is 5.33. The fourth-order valence-electron chi connectivity index (χ4n) is 3.43. The number of nitrogens with zero attached hydrogens (tertiary/aromatic N) is 1. The molecule has 1 aliphatic heterocycles. The number of likely N-dealkylation sites (tertiary alicyclic amines) is 1. The molecule has 2 rings (SSSR count). The molecule has 2 fully saturated rings. The number of carbonyl (C=O) groups excluding carboxylic acids is 1. The van der Waals surface area contributed by atoms with Crippen molar-refractivity contribution >= 4 is 5.97 Å². The molecule has 4 nitrogen and oxygen atoms in total. The average Bonchev–Trinajstić information content (AvgIpc) is 3.24. The first-order chi connectivity index (χ1) is 10.0. The number of rotatable bonds is 7. The molecular weight excluding hydrogens is 264 g/mol. The molecule has 1 saturated heterocycles. The van der Waals surface area contributed by atoms with Crippen LogP contribution in [0.2, 0.25) is 0 Å². The lowest BCUT2D eigenvalue weighted by atomic mass is 9.92. The number of nitrogens with one attached hydrogen (secondary N) is 1. The topological polar surface area (TPSA) is 41.6 Å². The maximum absolute atomic E-state index is 12.4. The summed E-state index contributed by atoms with van der Waals surface area (Å²) >= 11 is 0. The molecule has 0 amide bonds. The van der Waals surface area contributed by atoms with Gasteiger partial charge in [0, 0.05) is 12.1 Å². The molecule has 0 bridgehead atoms. The Labute approximate surface area is 129 Å². The van der Waals surface area contributed by atoms with E-state index in [2.05, 4.69) is 17.1 Å². The van der Waals surface area contributed by atoms with Crippen LogP contribution in [0.5, 0.6) is 0 Å². The first kappa shape index (κ1) is 16.8. The van der Waals surface area contributed by atoms with Crippen molar-refractivity contribution in [2.75, 3.05) is 19.7 Å². The van der Waals surface area contributed by atoms with Gasteiger partial charge in [-0.2, -0.15) is 0 Å². The van der Waals surface area contributed by atoms with E-state index in [0.717, 1.165) is 6.42 Å². The third-order valence-corrected chi connectivity index (χ3v) is 4.79. The van der Waals surface area contributed by atoms with Crippen LogP contribution in [0.3, 0.4) is 0 Å². The zero-order chi connectivity index (χ0) is 15.3. The van der Waals surface area contributed by atoms with Crippen molar-refractivity contribution in [3.8, 4) is 0 Å². The third-order valence-electron chi connectivity index (χ3n) is 4.79. The second kappa shape index (κ2) is 7.59. The second-order valence-electron chi connectivity index (χ2n) is 6.97. The van der Waals surface area contributed by atoms with E-state index in [0.29, 0.717) is 18.7 Å². The molecule has 0 aromatic rings. The molecule has 21 heavy (non-hydrogen) atoms. The lowest BCUT2D eigenvalue weighted by Gasteiger charge is -2.36. The first-order valence-electron chi connectivity index (χ1n) is 8.74. The predicted octanol–water partition coefficient (Wildman–Crippen LogP) is 2.71. The molecule has 2 atom stereocenters. The molecule has 4 heteroatoms. The van der Waals surface area contributed by atoms with Gasteiger partial charge in [-0.15, -0.1) is 0 Å². The highest BCUT2D eigenvalue weighted by molar-refractivity contribution is 5.80. The SMILES string of the molecule is CCOC(=O)C(C)(CC(C)N1CCCCCC1)NC1CC1. The van der Waals surface area contributed by atoms with Gasteiger partial charge in [0.05, 0.1) is 6.61 Å². The Morgan fingerprint density at radius 1 is 1.29 bits per heavy atom. The van der Waals surface area contributed by atoms with Crippen molar-refractivity contribution in [1.82, 2.24) is 10.2 Å². The van der Waals surface area contributed by atoms with E-state index in [-0.39, 0.29) is 5.97 Å². The van der Waals surface area contributed by atoms with E-state index < -0.39 is 5.54 Å². The van der Waals surface area contributed by atoms with Crippen LogP contribution in [-0.2, 0) is 9.53 Å². The number of carbonyl (C=O) groups is 1. The summed E-state index contributed by atoms with van der Waals surface area (Å²) in [6.45, 7) is 8.97. The Balaban J connectivity index is 1.96. The number of ether oxygens (including phenoxy) is 1. The molecule has 0 aromatic heterocycles. The van der Waals surface area contributed by atoms with Gasteiger partial charge < -0.3 is 9.64 Å². The first-order valence-corrected chi connectivity index (χ1v) is 8.74. The average molecular weight is 296 g/mol. The van der Waals surface area contributed by atoms with E-state index in [1.54, 1.807) is 0 Å². The minimum Gasteiger partial charge on any atom is -0.465 e. The van der Waals surface area contributed by atoms with Gasteiger partial charge in [0.25, 0.3) is 0 Å². The van der Waals surface area contributed by atoms with Crippen molar-refractivity contribution in [2.24, 2.45) is 0 Å². The van der Waals surface area contributed by atoms with Crippen LogP contribution in [0.1, 0.15) is 65.7 Å². The summed E-state index contributed by atoms with van der Waals surface area (Å²) in [5.41, 5.74) is -0.539. The van der Waals surface area contributed by atoms with Gasteiger partial charge in [0.1, 0.15) is 5.54 Å². The molecule has 1 N–H and O–H groups in total. The quantitative estimate of drug-likeness (QED) is 0.734. The maximum atomic E-state index is 12.4. The molecule has 1 saturated carbocycles. The largest absolute Gasteiger partial charge is 0.465 e. The van der Waals surface area contributed by atoms with Crippen LogP contribution in [0, 0.1) is 0 Å². The Bertz CT molecular complexity index is 336. The number of esters is 1. The molecule has 122 valence electrons. The van der Waals surface area contributed by atoms with Crippen molar-refractivity contribution in [3.63, 3.8) is 0 Å². The van der Waals surface area contributed by atoms with Gasteiger partial charge in [-0.05, 0) is 66.0 Å². The zero-order valence-electron chi connectivity index (χ0n) is 14.0. The zero-order valence-corrected chi connectivity index (χ0v) is 14.0. The summed E-state index contributed by atoms with van der Waals surface area (Å²) in [6.07, 6.45) is 8.48. The standard InChI is InChI=1S/C17H32N2O2/c1-4-21-16(20)17(3,18-15-9-10-15)13-14(2)19-11-7-5-6-8-12-19/h14-15,18H,4-13H2,1-3H3. The van der Waals surface area contributed by atoms with E-state index in [4.69, 9.17) is 4.74 Å². The highest BCUT2D eigenvalue weighted by Gasteiger charge is 2.41. The predicted molar refractivity (Wildman–Crippen MR) is 85.3 cm³/mol. The second-order valence-corrected chi connectivity index (χ2v) is 6.97. The molecule has 2 aliphatic rings. The smallest absolute Gasteiger partial charge is 0.326 e. The highest BCUT2D eigenvalue weighted by atomic mass is 16.5. The van der Waals surface area contributed by atoms with Crippen LogP contribution >= 0.6 is 0 Å². The van der Waals surface area contributed by atoms with Crippen molar-refractivity contribution < 1.29 is 9.53 Å².